The van der Waals surface area contributed by atoms with Crippen LogP contribution in [0.2, 0.25) is 0 Å². The van der Waals surface area contributed by atoms with Gasteiger partial charge in [0, 0.05) is 13.1 Å². The molecule has 0 aliphatic carbocycles. The van der Waals surface area contributed by atoms with Crippen molar-refractivity contribution in [3.05, 3.63) is 12.4 Å². The first-order valence-electron chi connectivity index (χ1n) is 5.60. The number of aromatic nitrogens is 2. The van der Waals surface area contributed by atoms with E-state index in [0.29, 0.717) is 13.1 Å². The van der Waals surface area contributed by atoms with E-state index in [4.69, 9.17) is 5.73 Å². The molecule has 1 heterocycles. The van der Waals surface area contributed by atoms with Crippen molar-refractivity contribution in [2.75, 3.05) is 18.8 Å². The molecule has 0 spiro atoms. The fourth-order valence-corrected chi connectivity index (χ4v) is 2.77. The molecule has 2 N–H and O–H groups in total. The van der Waals surface area contributed by atoms with Gasteiger partial charge in [-0.2, -0.15) is 4.31 Å². The van der Waals surface area contributed by atoms with Crippen LogP contribution in [-0.2, 0) is 10.0 Å². The summed E-state index contributed by atoms with van der Waals surface area (Å²) in [5, 5.41) is 0. The van der Waals surface area contributed by atoms with Crippen LogP contribution in [0.4, 0.5) is 5.95 Å². The molecule has 1 aromatic rings. The Balaban J connectivity index is 2.95. The summed E-state index contributed by atoms with van der Waals surface area (Å²) in [5.41, 5.74) is 5.33. The molecule has 1 aromatic heterocycles. The first kappa shape index (κ1) is 13.9. The molecule has 6 nitrogen and oxygen atoms in total. The van der Waals surface area contributed by atoms with Gasteiger partial charge < -0.3 is 5.73 Å². The molecule has 0 saturated carbocycles. The van der Waals surface area contributed by atoms with Crippen molar-refractivity contribution >= 4 is 16.0 Å². The summed E-state index contributed by atoms with van der Waals surface area (Å²) >= 11 is 0. The minimum absolute atomic E-state index is 0.0700. The molecule has 17 heavy (non-hydrogen) atoms. The smallest absolute Gasteiger partial charge is 0.246 e. The number of anilines is 1. The van der Waals surface area contributed by atoms with Crippen LogP contribution >= 0.6 is 0 Å². The van der Waals surface area contributed by atoms with Gasteiger partial charge in [0.15, 0.2) is 0 Å². The molecule has 0 aliphatic heterocycles. The summed E-state index contributed by atoms with van der Waals surface area (Å²) in [6.07, 6.45) is 4.27. The van der Waals surface area contributed by atoms with Crippen LogP contribution in [0.25, 0.3) is 0 Å². The minimum atomic E-state index is -3.49. The van der Waals surface area contributed by atoms with Gasteiger partial charge in [-0.3, -0.25) is 0 Å². The molecule has 0 saturated heterocycles. The lowest BCUT2D eigenvalue weighted by atomic mass is 10.3. The Kier molecular flexibility index (Phi) is 4.83. The van der Waals surface area contributed by atoms with Gasteiger partial charge in [0.2, 0.25) is 16.0 Å². The van der Waals surface area contributed by atoms with Crippen LogP contribution in [0, 0.1) is 0 Å². The van der Waals surface area contributed by atoms with Crippen molar-refractivity contribution in [3.63, 3.8) is 0 Å². The maximum absolute atomic E-state index is 12.2. The quantitative estimate of drug-likeness (QED) is 0.817. The molecular weight excluding hydrogens is 240 g/mol. The number of rotatable bonds is 6. The van der Waals surface area contributed by atoms with Crippen LogP contribution in [-0.4, -0.2) is 35.8 Å². The van der Waals surface area contributed by atoms with Crippen LogP contribution in [0.1, 0.15) is 26.7 Å². The van der Waals surface area contributed by atoms with Gasteiger partial charge in [0.25, 0.3) is 0 Å². The topological polar surface area (TPSA) is 89.2 Å². The number of sulfonamides is 1. The van der Waals surface area contributed by atoms with Crippen LogP contribution in [0.3, 0.4) is 0 Å². The molecule has 0 aromatic carbocycles. The van der Waals surface area contributed by atoms with Crippen LogP contribution in [0.5, 0.6) is 0 Å². The maximum atomic E-state index is 12.2. The predicted octanol–water partition coefficient (Wildman–Crippen LogP) is 0.869. The van der Waals surface area contributed by atoms with Gasteiger partial charge in [-0.05, 0) is 6.42 Å². The monoisotopic (exact) mass is 258 g/mol. The highest BCUT2D eigenvalue weighted by atomic mass is 32.2. The molecular formula is C10H18N4O2S. The predicted molar refractivity (Wildman–Crippen MR) is 65.8 cm³/mol. The molecule has 0 atom stereocenters. The van der Waals surface area contributed by atoms with Crippen molar-refractivity contribution in [3.8, 4) is 0 Å². The third kappa shape index (κ3) is 3.37. The van der Waals surface area contributed by atoms with E-state index >= 15 is 0 Å². The van der Waals surface area contributed by atoms with Gasteiger partial charge >= 0.3 is 0 Å². The first-order chi connectivity index (χ1) is 8.02. The van der Waals surface area contributed by atoms with Gasteiger partial charge in [0.05, 0.1) is 12.4 Å². The lowest BCUT2D eigenvalue weighted by Crippen LogP contribution is -2.32. The Labute approximate surface area is 102 Å². The number of hydrogen-bond donors (Lipinski definition) is 1. The zero-order chi connectivity index (χ0) is 12.9. The highest BCUT2D eigenvalue weighted by Crippen LogP contribution is 2.14. The lowest BCUT2D eigenvalue weighted by Gasteiger charge is -2.19. The minimum Gasteiger partial charge on any atom is -0.368 e. The summed E-state index contributed by atoms with van der Waals surface area (Å²) < 4.78 is 25.8. The lowest BCUT2D eigenvalue weighted by molar-refractivity contribution is 0.418. The number of nitrogen functional groups attached to an aromatic ring is 1. The molecule has 1 rings (SSSR count). The van der Waals surface area contributed by atoms with E-state index < -0.39 is 10.0 Å². The van der Waals surface area contributed by atoms with Gasteiger partial charge in [-0.25, -0.2) is 18.4 Å². The molecule has 0 fully saturated rings. The van der Waals surface area contributed by atoms with E-state index in [0.717, 1.165) is 12.8 Å². The van der Waals surface area contributed by atoms with Crippen LogP contribution < -0.4 is 5.73 Å². The molecule has 0 amide bonds. The zero-order valence-electron chi connectivity index (χ0n) is 10.1. The second kappa shape index (κ2) is 5.92. The van der Waals surface area contributed by atoms with Crippen molar-refractivity contribution in [2.24, 2.45) is 0 Å². The van der Waals surface area contributed by atoms with Gasteiger partial charge in [0.1, 0.15) is 4.90 Å². The Morgan fingerprint density at radius 1 is 1.29 bits per heavy atom. The van der Waals surface area contributed by atoms with Crippen LogP contribution in [0.15, 0.2) is 17.3 Å². The number of unbranched alkanes of at least 4 members (excludes halogenated alkanes) is 1. The first-order valence-corrected chi connectivity index (χ1v) is 7.04. The van der Waals surface area contributed by atoms with Crippen molar-refractivity contribution < 1.29 is 8.42 Å². The van der Waals surface area contributed by atoms with E-state index in [2.05, 4.69) is 9.97 Å². The number of hydrogen-bond acceptors (Lipinski definition) is 5. The van der Waals surface area contributed by atoms with E-state index in [1.165, 1.54) is 16.7 Å². The summed E-state index contributed by atoms with van der Waals surface area (Å²) in [5.74, 6) is 0.0700. The number of nitrogens with two attached hydrogens (primary N) is 1. The number of nitrogens with zero attached hydrogens (tertiary/aromatic N) is 3. The largest absolute Gasteiger partial charge is 0.368 e. The Bertz CT molecular complexity index is 444. The fourth-order valence-electron chi connectivity index (χ4n) is 1.39. The third-order valence-corrected chi connectivity index (χ3v) is 4.33. The standard InChI is InChI=1S/C10H18N4O2S/c1-3-5-6-14(4-2)17(15,16)9-7-12-10(11)13-8-9/h7-8H,3-6H2,1-2H3,(H2,11,12,13). The Hall–Kier alpha value is -1.21. The van der Waals surface area contributed by atoms with Crippen molar-refractivity contribution in [1.82, 2.24) is 14.3 Å². The molecule has 96 valence electrons. The average molecular weight is 258 g/mol. The van der Waals surface area contributed by atoms with Crippen molar-refractivity contribution in [1.29, 1.82) is 0 Å². The Morgan fingerprint density at radius 3 is 2.35 bits per heavy atom. The SMILES string of the molecule is CCCCN(CC)S(=O)(=O)c1cnc(N)nc1. The summed E-state index contributed by atoms with van der Waals surface area (Å²) in [7, 11) is -3.49. The Morgan fingerprint density at radius 2 is 1.88 bits per heavy atom. The summed E-state index contributed by atoms with van der Waals surface area (Å²) in [6, 6.07) is 0. The highest BCUT2D eigenvalue weighted by molar-refractivity contribution is 7.89. The summed E-state index contributed by atoms with van der Waals surface area (Å²) in [6.45, 7) is 4.78. The fraction of sp³-hybridized carbons (Fsp3) is 0.600. The zero-order valence-corrected chi connectivity index (χ0v) is 10.9. The van der Waals surface area contributed by atoms with E-state index in [1.807, 2.05) is 13.8 Å². The molecule has 0 radical (unpaired) electrons. The second-order valence-corrected chi connectivity index (χ2v) is 5.57. The van der Waals surface area contributed by atoms with E-state index in [1.54, 1.807) is 0 Å². The van der Waals surface area contributed by atoms with E-state index in [9.17, 15) is 8.42 Å². The summed E-state index contributed by atoms with van der Waals surface area (Å²) in [4.78, 5) is 7.49. The molecule has 0 unspecified atom stereocenters. The normalized spacial score (nSPS) is 11.9. The maximum Gasteiger partial charge on any atom is 0.246 e. The molecule has 0 bridgehead atoms. The average Bonchev–Trinajstić information content (AvgIpc) is 2.30. The van der Waals surface area contributed by atoms with Gasteiger partial charge in [-0.1, -0.05) is 20.3 Å². The van der Waals surface area contributed by atoms with E-state index in [-0.39, 0.29) is 10.8 Å². The third-order valence-electron chi connectivity index (χ3n) is 2.40. The highest BCUT2D eigenvalue weighted by Gasteiger charge is 2.23. The molecule has 7 heteroatoms. The molecule has 0 aliphatic rings. The second-order valence-electron chi connectivity index (χ2n) is 3.63. The van der Waals surface area contributed by atoms with Gasteiger partial charge in [-0.15, -0.1) is 0 Å². The van der Waals surface area contributed by atoms with Crippen molar-refractivity contribution in [2.45, 2.75) is 31.6 Å².